The molecule has 96 valence electrons. The van der Waals surface area contributed by atoms with E-state index in [9.17, 15) is 0 Å². The minimum atomic E-state index is -1.08. The summed E-state index contributed by atoms with van der Waals surface area (Å²) >= 11 is 0. The number of carbonyl (C=O) groups excluding carboxylic acids is 1. The molecule has 0 aromatic heterocycles. The zero-order valence-electron chi connectivity index (χ0n) is 10.8. The van der Waals surface area contributed by atoms with Crippen molar-refractivity contribution in [2.45, 2.75) is 6.92 Å². The monoisotopic (exact) mass is 239 g/mol. The van der Waals surface area contributed by atoms with E-state index < -0.39 is 5.97 Å². The Morgan fingerprint density at radius 1 is 1.24 bits per heavy atom. The first-order chi connectivity index (χ1) is 7.77. The van der Waals surface area contributed by atoms with Gasteiger partial charge < -0.3 is 20.5 Å². The van der Waals surface area contributed by atoms with E-state index >= 15 is 0 Å². The topological polar surface area (TPSA) is 94.4 Å². The Labute approximate surface area is 102 Å². The molecule has 0 bridgehead atoms. The molecule has 17 heavy (non-hydrogen) atoms. The molecular formula is C12H21N3O2. The van der Waals surface area contributed by atoms with Gasteiger partial charge in [-0.15, -0.1) is 0 Å². The van der Waals surface area contributed by atoms with Gasteiger partial charge in [0.2, 0.25) is 0 Å². The van der Waals surface area contributed by atoms with Crippen LogP contribution in [0.3, 0.4) is 0 Å². The van der Waals surface area contributed by atoms with E-state index in [-0.39, 0.29) is 5.84 Å². The number of carboxylic acids is 1. The van der Waals surface area contributed by atoms with Crippen LogP contribution in [-0.4, -0.2) is 32.9 Å². The second-order valence-electron chi connectivity index (χ2n) is 3.77. The molecule has 0 fully saturated rings. The molecule has 5 nitrogen and oxygen atoms in total. The Balaban J connectivity index is 0. The van der Waals surface area contributed by atoms with Crippen LogP contribution in [0.25, 0.3) is 0 Å². The first-order valence-electron chi connectivity index (χ1n) is 5.11. The molecule has 0 aliphatic heterocycles. The third kappa shape index (κ3) is 20.3. The number of carbonyl (C=O) groups is 1. The van der Waals surface area contributed by atoms with Crippen LogP contribution in [0, 0.1) is 5.41 Å². The Hall–Kier alpha value is -1.88. The average molecular weight is 239 g/mol. The van der Waals surface area contributed by atoms with Crippen molar-refractivity contribution in [3.05, 3.63) is 35.9 Å². The van der Waals surface area contributed by atoms with Gasteiger partial charge in [-0.1, -0.05) is 30.3 Å². The van der Waals surface area contributed by atoms with Gasteiger partial charge in [-0.25, -0.2) is 0 Å². The minimum Gasteiger partial charge on any atom is -0.550 e. The van der Waals surface area contributed by atoms with Crippen molar-refractivity contribution >= 4 is 11.8 Å². The van der Waals surface area contributed by atoms with Crippen LogP contribution in [0.4, 0.5) is 0 Å². The predicted molar refractivity (Wildman–Crippen MR) is 66.9 cm³/mol. The van der Waals surface area contributed by atoms with Gasteiger partial charge in [0.1, 0.15) is 5.84 Å². The molecule has 0 unspecified atom stereocenters. The highest BCUT2D eigenvalue weighted by atomic mass is 16.4. The van der Waals surface area contributed by atoms with Crippen LogP contribution >= 0.6 is 0 Å². The number of carboxylic acid groups (broad SMARTS) is 1. The molecule has 0 aliphatic rings. The summed E-state index contributed by atoms with van der Waals surface area (Å²) in [5.74, 6) is -0.962. The maximum Gasteiger partial charge on any atom is 0.122 e. The fourth-order valence-corrected chi connectivity index (χ4v) is 0.618. The molecule has 0 spiro atoms. The second-order valence-corrected chi connectivity index (χ2v) is 3.77. The number of nitrogen functional groups attached to an aromatic ring is 1. The molecule has 0 amide bonds. The van der Waals surface area contributed by atoms with Gasteiger partial charge >= 0.3 is 0 Å². The molecule has 5 heteroatoms. The normalized spacial score (nSPS) is 8.29. The van der Waals surface area contributed by atoms with Crippen molar-refractivity contribution in [1.29, 1.82) is 5.41 Å². The number of amidine groups is 1. The van der Waals surface area contributed by atoms with Gasteiger partial charge in [0.05, 0.1) is 21.1 Å². The molecule has 0 saturated carbocycles. The molecule has 0 atom stereocenters. The van der Waals surface area contributed by atoms with Crippen molar-refractivity contribution in [1.82, 2.24) is 0 Å². The van der Waals surface area contributed by atoms with E-state index in [4.69, 9.17) is 21.0 Å². The van der Waals surface area contributed by atoms with Crippen molar-refractivity contribution in [3.63, 3.8) is 0 Å². The molecule has 1 rings (SSSR count). The fraction of sp³-hybridized carbons (Fsp3) is 0.333. The molecule has 0 radical (unpaired) electrons. The Kier molecular flexibility index (Phi) is 11.0. The summed E-state index contributed by atoms with van der Waals surface area (Å²) in [6, 6.07) is 9.23. The summed E-state index contributed by atoms with van der Waals surface area (Å²) in [5.41, 5.74) is 5.97. The Morgan fingerprint density at radius 2 is 1.53 bits per heavy atom. The van der Waals surface area contributed by atoms with Crippen molar-refractivity contribution < 1.29 is 14.8 Å². The van der Waals surface area contributed by atoms with Crippen LogP contribution in [0.15, 0.2) is 30.3 Å². The zero-order chi connectivity index (χ0) is 13.8. The van der Waals surface area contributed by atoms with E-state index in [1.54, 1.807) is 0 Å². The van der Waals surface area contributed by atoms with Crippen molar-refractivity contribution in [3.8, 4) is 0 Å². The van der Waals surface area contributed by atoms with Gasteiger partial charge in [-0.3, -0.25) is 5.41 Å². The average Bonchev–Trinajstić information content (AvgIpc) is 2.17. The summed E-state index contributed by atoms with van der Waals surface area (Å²) in [4.78, 5) is 10.3. The van der Waals surface area contributed by atoms with Crippen LogP contribution < -0.4 is 15.7 Å². The van der Waals surface area contributed by atoms with Crippen molar-refractivity contribution in [2.24, 2.45) is 5.73 Å². The first kappa shape index (κ1) is 17.5. The van der Waals surface area contributed by atoms with Gasteiger partial charge in [-0.05, 0) is 6.92 Å². The molecular weight excluding hydrogens is 218 g/mol. The Bertz CT molecular complexity index is 317. The van der Waals surface area contributed by atoms with Gasteiger partial charge in [-0.2, -0.15) is 0 Å². The lowest BCUT2D eigenvalue weighted by Gasteiger charge is -1.93. The number of hydrogen-bond donors (Lipinski definition) is 3. The number of aliphatic carboxylic acids is 1. The van der Waals surface area contributed by atoms with Gasteiger partial charge in [0, 0.05) is 11.5 Å². The minimum absolute atomic E-state index is 0.121. The maximum absolute atomic E-state index is 8.89. The van der Waals surface area contributed by atoms with Crippen LogP contribution in [0.5, 0.6) is 0 Å². The second kappa shape index (κ2) is 10.6. The summed E-state index contributed by atoms with van der Waals surface area (Å²) < 4.78 is 0. The SMILES string of the molecule is CC(=O)[O-].C[NH+](C)C.N=C(N)c1ccccc1. The lowest BCUT2D eigenvalue weighted by atomic mass is 10.2. The quantitative estimate of drug-likeness (QED) is 0.410. The van der Waals surface area contributed by atoms with E-state index in [1.165, 1.54) is 4.90 Å². The number of nitrogens with two attached hydrogens (primary N) is 1. The number of benzene rings is 1. The maximum atomic E-state index is 8.89. The van der Waals surface area contributed by atoms with Crippen LogP contribution in [0.1, 0.15) is 12.5 Å². The lowest BCUT2D eigenvalue weighted by molar-refractivity contribution is -0.836. The predicted octanol–water partition coefficient (Wildman–Crippen LogP) is -1.51. The van der Waals surface area contributed by atoms with Crippen molar-refractivity contribution in [2.75, 3.05) is 21.1 Å². The highest BCUT2D eigenvalue weighted by molar-refractivity contribution is 5.94. The standard InChI is InChI=1S/C7H8N2.C3H9N.C2H4O2/c8-7(9)6-4-2-1-3-5-6;1-4(2)3;1-2(3)4/h1-5H,(H3,8,9);1-3H3;1H3,(H,3,4). The highest BCUT2D eigenvalue weighted by Gasteiger charge is 1.89. The van der Waals surface area contributed by atoms with Gasteiger partial charge in [0.15, 0.2) is 0 Å². The molecule has 4 N–H and O–H groups in total. The molecule has 1 aromatic rings. The summed E-state index contributed by atoms with van der Waals surface area (Å²) in [5, 5.41) is 15.9. The highest BCUT2D eigenvalue weighted by Crippen LogP contribution is 1.94. The van der Waals surface area contributed by atoms with Gasteiger partial charge in [0.25, 0.3) is 0 Å². The molecule has 0 saturated heterocycles. The molecule has 0 heterocycles. The third-order valence-corrected chi connectivity index (χ3v) is 1.08. The summed E-state index contributed by atoms with van der Waals surface area (Å²) in [6.45, 7) is 0.972. The Morgan fingerprint density at radius 3 is 1.71 bits per heavy atom. The van der Waals surface area contributed by atoms with E-state index in [1.807, 2.05) is 30.3 Å². The largest absolute Gasteiger partial charge is 0.550 e. The number of hydrogen-bond acceptors (Lipinski definition) is 3. The number of rotatable bonds is 1. The fourth-order valence-electron chi connectivity index (χ4n) is 0.618. The first-order valence-corrected chi connectivity index (χ1v) is 5.11. The third-order valence-electron chi connectivity index (χ3n) is 1.08. The van der Waals surface area contributed by atoms with E-state index in [2.05, 4.69) is 21.1 Å². The van der Waals surface area contributed by atoms with Crippen LogP contribution in [-0.2, 0) is 4.79 Å². The van der Waals surface area contributed by atoms with E-state index in [0.29, 0.717) is 0 Å². The zero-order valence-corrected chi connectivity index (χ0v) is 10.8. The van der Waals surface area contributed by atoms with Crippen LogP contribution in [0.2, 0.25) is 0 Å². The molecule has 0 aliphatic carbocycles. The number of quaternary nitrogens is 1. The smallest absolute Gasteiger partial charge is 0.122 e. The van der Waals surface area contributed by atoms with E-state index in [0.717, 1.165) is 12.5 Å². The lowest BCUT2D eigenvalue weighted by Crippen LogP contribution is -3.02. The summed E-state index contributed by atoms with van der Waals surface area (Å²) in [6.07, 6.45) is 0. The number of nitrogens with one attached hydrogen (secondary N) is 2. The molecule has 1 aromatic carbocycles. The summed E-state index contributed by atoms with van der Waals surface area (Å²) in [7, 11) is 6.25.